The molecule has 0 aliphatic heterocycles. The Morgan fingerprint density at radius 2 is 1.95 bits per heavy atom. The molecule has 5 heteroatoms. The molecule has 0 radical (unpaired) electrons. The molecule has 0 bridgehead atoms. The first-order chi connectivity index (χ1) is 9.17. The monoisotopic (exact) mass is 296 g/mol. The van der Waals surface area contributed by atoms with E-state index in [0.717, 1.165) is 11.1 Å². The third-order valence-electron chi connectivity index (χ3n) is 3.81. The molecule has 4 nitrogen and oxygen atoms in total. The van der Waals surface area contributed by atoms with E-state index in [-0.39, 0.29) is 4.90 Å². The number of carbonyl (C=O) groups is 1. The van der Waals surface area contributed by atoms with E-state index < -0.39 is 21.2 Å². The molecule has 1 aliphatic carbocycles. The van der Waals surface area contributed by atoms with Gasteiger partial charge in [-0.15, -0.1) is 0 Å². The Hall–Kier alpha value is -1.36. The Kier molecular flexibility index (Phi) is 3.67. The minimum absolute atomic E-state index is 0.262. The molecule has 0 unspecified atom stereocenters. The fourth-order valence-corrected chi connectivity index (χ4v) is 3.27. The molecule has 0 saturated heterocycles. The molecule has 1 saturated carbocycles. The Bertz CT molecular complexity index is 640. The van der Waals surface area contributed by atoms with Crippen LogP contribution in [0.25, 0.3) is 0 Å². The molecule has 1 aromatic rings. The van der Waals surface area contributed by atoms with Crippen LogP contribution in [0.2, 0.25) is 0 Å². The number of sulfone groups is 1. The van der Waals surface area contributed by atoms with Crippen molar-refractivity contribution >= 4 is 15.8 Å². The van der Waals surface area contributed by atoms with Gasteiger partial charge in [0.05, 0.1) is 10.3 Å². The average Bonchev–Trinajstić information content (AvgIpc) is 3.08. The van der Waals surface area contributed by atoms with E-state index in [4.69, 9.17) is 0 Å². The lowest BCUT2D eigenvalue weighted by Crippen LogP contribution is -2.22. The first-order valence-corrected chi connectivity index (χ1v) is 8.63. The highest BCUT2D eigenvalue weighted by molar-refractivity contribution is 7.90. The lowest BCUT2D eigenvalue weighted by Gasteiger charge is -2.18. The van der Waals surface area contributed by atoms with E-state index >= 15 is 0 Å². The second kappa shape index (κ2) is 4.88. The van der Waals surface area contributed by atoms with Crippen LogP contribution in [0.4, 0.5) is 0 Å². The molecular formula is C15H20O4S. The minimum atomic E-state index is -3.27. The molecule has 1 fully saturated rings. The van der Waals surface area contributed by atoms with Gasteiger partial charge in [-0.05, 0) is 48.4 Å². The maximum Gasteiger partial charge on any atom is 0.314 e. The molecule has 0 amide bonds. The number of hydrogen-bond donors (Lipinski definition) is 1. The maximum absolute atomic E-state index is 11.7. The second-order valence-corrected chi connectivity index (χ2v) is 8.09. The summed E-state index contributed by atoms with van der Waals surface area (Å²) in [5, 5.41) is 9.43. The summed E-state index contributed by atoms with van der Waals surface area (Å²) >= 11 is 0. The maximum atomic E-state index is 11.7. The van der Waals surface area contributed by atoms with Gasteiger partial charge in [0, 0.05) is 6.26 Å². The number of rotatable bonds is 5. The van der Waals surface area contributed by atoms with Crippen molar-refractivity contribution in [3.05, 3.63) is 29.3 Å². The fourth-order valence-electron chi connectivity index (χ4n) is 2.60. The predicted octanol–water partition coefficient (Wildman–Crippen LogP) is 2.40. The molecule has 0 atom stereocenters. The van der Waals surface area contributed by atoms with E-state index in [2.05, 4.69) is 0 Å². The Labute approximate surface area is 119 Å². The van der Waals surface area contributed by atoms with Crippen molar-refractivity contribution in [1.29, 1.82) is 0 Å². The van der Waals surface area contributed by atoms with Crippen LogP contribution in [0, 0.1) is 5.92 Å². The quantitative estimate of drug-likeness (QED) is 0.905. The van der Waals surface area contributed by atoms with Gasteiger partial charge in [0.15, 0.2) is 9.84 Å². The van der Waals surface area contributed by atoms with E-state index in [0.29, 0.717) is 25.2 Å². The molecule has 2 rings (SSSR count). The number of benzene rings is 1. The summed E-state index contributed by atoms with van der Waals surface area (Å²) in [7, 11) is -3.27. The molecule has 110 valence electrons. The van der Waals surface area contributed by atoms with Crippen LogP contribution in [0.1, 0.15) is 37.8 Å². The van der Waals surface area contributed by atoms with Gasteiger partial charge in [0.1, 0.15) is 0 Å². The van der Waals surface area contributed by atoms with Crippen LogP contribution in [-0.2, 0) is 26.5 Å². The highest BCUT2D eigenvalue weighted by atomic mass is 32.2. The normalized spacial score (nSPS) is 17.2. The summed E-state index contributed by atoms with van der Waals surface area (Å²) in [4.78, 5) is 11.7. The van der Waals surface area contributed by atoms with Gasteiger partial charge < -0.3 is 5.11 Å². The summed E-state index contributed by atoms with van der Waals surface area (Å²) in [6.07, 6.45) is 3.12. The molecule has 0 aromatic heterocycles. The van der Waals surface area contributed by atoms with Crippen molar-refractivity contribution in [2.45, 2.75) is 43.4 Å². The van der Waals surface area contributed by atoms with Crippen LogP contribution in [0.15, 0.2) is 23.1 Å². The topological polar surface area (TPSA) is 71.4 Å². The summed E-state index contributed by atoms with van der Waals surface area (Å²) in [6, 6.07) is 4.86. The van der Waals surface area contributed by atoms with Gasteiger partial charge in [-0.3, -0.25) is 4.79 Å². The van der Waals surface area contributed by atoms with Crippen molar-refractivity contribution < 1.29 is 18.3 Å². The zero-order chi connectivity index (χ0) is 15.1. The van der Waals surface area contributed by atoms with Gasteiger partial charge in [0.2, 0.25) is 0 Å². The smallest absolute Gasteiger partial charge is 0.314 e. The van der Waals surface area contributed by atoms with E-state index in [1.807, 2.05) is 13.8 Å². The molecule has 1 aliphatic rings. The van der Waals surface area contributed by atoms with Crippen LogP contribution >= 0.6 is 0 Å². The number of carboxylic acid groups (broad SMARTS) is 1. The highest BCUT2D eigenvalue weighted by Crippen LogP contribution is 2.50. The van der Waals surface area contributed by atoms with Gasteiger partial charge in [-0.2, -0.15) is 0 Å². The number of hydrogen-bond acceptors (Lipinski definition) is 3. The van der Waals surface area contributed by atoms with E-state index in [9.17, 15) is 18.3 Å². The van der Waals surface area contributed by atoms with Crippen molar-refractivity contribution in [3.8, 4) is 0 Å². The minimum Gasteiger partial charge on any atom is -0.481 e. The highest BCUT2D eigenvalue weighted by Gasteiger charge is 2.52. The summed E-state index contributed by atoms with van der Waals surface area (Å²) in [5.74, 6) is -0.470. The van der Waals surface area contributed by atoms with Gasteiger partial charge in [-0.1, -0.05) is 19.9 Å². The summed E-state index contributed by atoms with van der Waals surface area (Å²) in [6.45, 7) is 4.08. The lowest BCUT2D eigenvalue weighted by atomic mass is 9.88. The lowest BCUT2D eigenvalue weighted by molar-refractivity contribution is -0.140. The van der Waals surface area contributed by atoms with Crippen LogP contribution in [0.5, 0.6) is 0 Å². The predicted molar refractivity (Wildman–Crippen MR) is 76.6 cm³/mol. The SMILES string of the molecule is CC(C)Cc1cc(S(C)(=O)=O)ccc1C1(C(=O)O)CC1. The van der Waals surface area contributed by atoms with Crippen molar-refractivity contribution in [3.63, 3.8) is 0 Å². The van der Waals surface area contributed by atoms with Crippen molar-refractivity contribution in [2.75, 3.05) is 6.26 Å². The van der Waals surface area contributed by atoms with Crippen LogP contribution < -0.4 is 0 Å². The fraction of sp³-hybridized carbons (Fsp3) is 0.533. The molecular weight excluding hydrogens is 276 g/mol. The van der Waals surface area contributed by atoms with Gasteiger partial charge in [0.25, 0.3) is 0 Å². The molecule has 0 spiro atoms. The molecule has 1 aromatic carbocycles. The zero-order valence-electron chi connectivity index (χ0n) is 12.0. The van der Waals surface area contributed by atoms with E-state index in [1.54, 1.807) is 12.1 Å². The first-order valence-electron chi connectivity index (χ1n) is 6.74. The molecule has 0 heterocycles. The van der Waals surface area contributed by atoms with Crippen molar-refractivity contribution in [1.82, 2.24) is 0 Å². The number of aliphatic carboxylic acids is 1. The Morgan fingerprint density at radius 3 is 2.35 bits per heavy atom. The average molecular weight is 296 g/mol. The number of carboxylic acids is 1. The third kappa shape index (κ3) is 2.73. The first kappa shape index (κ1) is 15.0. The van der Waals surface area contributed by atoms with Crippen LogP contribution in [-0.4, -0.2) is 25.7 Å². The van der Waals surface area contributed by atoms with E-state index in [1.165, 1.54) is 12.3 Å². The van der Waals surface area contributed by atoms with Gasteiger partial charge in [-0.25, -0.2) is 8.42 Å². The third-order valence-corrected chi connectivity index (χ3v) is 4.92. The van der Waals surface area contributed by atoms with Gasteiger partial charge >= 0.3 is 5.97 Å². The van der Waals surface area contributed by atoms with Crippen molar-refractivity contribution in [2.24, 2.45) is 5.92 Å². The largest absolute Gasteiger partial charge is 0.481 e. The zero-order valence-corrected chi connectivity index (χ0v) is 12.8. The Morgan fingerprint density at radius 1 is 1.35 bits per heavy atom. The summed E-state index contributed by atoms with van der Waals surface area (Å²) in [5.41, 5.74) is 0.842. The Balaban J connectivity index is 2.55. The van der Waals surface area contributed by atoms with Crippen LogP contribution in [0.3, 0.4) is 0 Å². The standard InChI is InChI=1S/C15H20O4S/c1-10(2)8-11-9-12(20(3,18)19)4-5-13(11)15(6-7-15)14(16)17/h4-5,9-10H,6-8H2,1-3H3,(H,16,17). The second-order valence-electron chi connectivity index (χ2n) is 6.08. The molecule has 20 heavy (non-hydrogen) atoms. The summed E-state index contributed by atoms with van der Waals surface area (Å²) < 4.78 is 23.3. The molecule has 1 N–H and O–H groups in total.